The molecule has 8 heteroatoms. The third-order valence-electron chi connectivity index (χ3n) is 4.98. The molecule has 1 heterocycles. The third-order valence-corrected chi connectivity index (χ3v) is 5.24. The Morgan fingerprint density at radius 2 is 1.89 bits per heavy atom. The Balaban J connectivity index is 1.79. The number of anilines is 1. The maximum absolute atomic E-state index is 12.6. The highest BCUT2D eigenvalue weighted by atomic mass is 35.5. The lowest BCUT2D eigenvalue weighted by molar-refractivity contribution is -0.383. The van der Waals surface area contributed by atoms with Gasteiger partial charge in [-0.05, 0) is 42.7 Å². The first-order valence-electron chi connectivity index (χ1n) is 8.57. The van der Waals surface area contributed by atoms with E-state index < -0.39 is 4.92 Å². The minimum Gasteiger partial charge on any atom is -0.393 e. The first-order chi connectivity index (χ1) is 12.9. The zero-order valence-electron chi connectivity index (χ0n) is 14.6. The Labute approximate surface area is 161 Å². The molecule has 3 N–H and O–H groups in total. The van der Waals surface area contributed by atoms with E-state index >= 15 is 0 Å². The summed E-state index contributed by atoms with van der Waals surface area (Å²) in [6.45, 7) is 1.60. The Bertz CT molecular complexity index is 849. The number of nitro groups is 1. The van der Waals surface area contributed by atoms with E-state index in [1.807, 2.05) is 24.3 Å². The van der Waals surface area contributed by atoms with Gasteiger partial charge in [0, 0.05) is 41.8 Å². The topological polar surface area (TPSA) is 107 Å². The number of halogens is 1. The van der Waals surface area contributed by atoms with Crippen LogP contribution in [-0.4, -0.2) is 30.6 Å². The second kappa shape index (κ2) is 7.94. The van der Waals surface area contributed by atoms with Crippen molar-refractivity contribution in [3.63, 3.8) is 0 Å². The molecule has 1 saturated heterocycles. The van der Waals surface area contributed by atoms with Crippen molar-refractivity contribution in [2.75, 3.05) is 25.5 Å². The molecule has 0 radical (unpaired) electrons. The van der Waals surface area contributed by atoms with E-state index in [4.69, 9.17) is 22.1 Å². The molecule has 0 spiro atoms. The molecular weight excluding hydrogens is 370 g/mol. The van der Waals surface area contributed by atoms with Crippen LogP contribution in [0.2, 0.25) is 5.02 Å². The summed E-state index contributed by atoms with van der Waals surface area (Å²) in [4.78, 5) is 23.0. The molecule has 1 aliphatic rings. The minimum absolute atomic E-state index is 0.0265. The summed E-state index contributed by atoms with van der Waals surface area (Å²) >= 11 is 6.00. The normalized spacial score (nSPS) is 15.9. The van der Waals surface area contributed by atoms with Crippen molar-refractivity contribution in [1.82, 2.24) is 5.32 Å². The number of nitrogen functional groups attached to an aromatic ring is 1. The van der Waals surface area contributed by atoms with Gasteiger partial charge in [-0.2, -0.15) is 0 Å². The predicted molar refractivity (Wildman–Crippen MR) is 103 cm³/mol. The lowest BCUT2D eigenvalue weighted by atomic mass is 9.74. The molecule has 0 saturated carbocycles. The van der Waals surface area contributed by atoms with Crippen molar-refractivity contribution in [2.45, 2.75) is 18.3 Å². The van der Waals surface area contributed by atoms with Gasteiger partial charge in [-0.3, -0.25) is 14.9 Å². The van der Waals surface area contributed by atoms with Gasteiger partial charge in [-0.15, -0.1) is 0 Å². The number of carbonyl (C=O) groups excluding carboxylic acids is 1. The Morgan fingerprint density at radius 3 is 2.52 bits per heavy atom. The van der Waals surface area contributed by atoms with Crippen molar-refractivity contribution in [1.29, 1.82) is 0 Å². The summed E-state index contributed by atoms with van der Waals surface area (Å²) in [5, 5.41) is 14.6. The smallest absolute Gasteiger partial charge is 0.292 e. The molecule has 0 aliphatic carbocycles. The number of rotatable bonds is 5. The Hall–Kier alpha value is -2.64. The van der Waals surface area contributed by atoms with E-state index in [-0.39, 0.29) is 28.3 Å². The Morgan fingerprint density at radius 1 is 1.22 bits per heavy atom. The Kier molecular flexibility index (Phi) is 5.62. The van der Waals surface area contributed by atoms with Crippen LogP contribution in [0.15, 0.2) is 42.5 Å². The molecule has 1 amide bonds. The number of nitrogens with two attached hydrogens (primary N) is 1. The van der Waals surface area contributed by atoms with E-state index in [2.05, 4.69) is 5.32 Å². The maximum Gasteiger partial charge on any atom is 0.292 e. The van der Waals surface area contributed by atoms with Crippen LogP contribution < -0.4 is 11.1 Å². The number of nitrogens with one attached hydrogen (secondary N) is 1. The van der Waals surface area contributed by atoms with Gasteiger partial charge in [0.2, 0.25) is 0 Å². The average Bonchev–Trinajstić information content (AvgIpc) is 2.67. The zero-order chi connectivity index (χ0) is 19.4. The highest BCUT2D eigenvalue weighted by molar-refractivity contribution is 6.30. The van der Waals surface area contributed by atoms with Crippen molar-refractivity contribution in [3.8, 4) is 0 Å². The van der Waals surface area contributed by atoms with Crippen molar-refractivity contribution >= 4 is 28.9 Å². The largest absolute Gasteiger partial charge is 0.393 e. The van der Waals surface area contributed by atoms with Crippen LogP contribution in [0.25, 0.3) is 0 Å². The predicted octanol–water partition coefficient (Wildman–Crippen LogP) is 3.31. The van der Waals surface area contributed by atoms with E-state index in [0.29, 0.717) is 24.8 Å². The van der Waals surface area contributed by atoms with E-state index in [1.165, 1.54) is 18.2 Å². The first-order valence-corrected chi connectivity index (χ1v) is 8.95. The highest BCUT2D eigenvalue weighted by Crippen LogP contribution is 2.35. The molecule has 0 unspecified atom stereocenters. The summed E-state index contributed by atoms with van der Waals surface area (Å²) in [7, 11) is 0. The fourth-order valence-corrected chi connectivity index (χ4v) is 3.45. The number of hydrogen-bond acceptors (Lipinski definition) is 5. The van der Waals surface area contributed by atoms with Gasteiger partial charge in [0.15, 0.2) is 0 Å². The molecule has 0 bridgehead atoms. The van der Waals surface area contributed by atoms with Crippen LogP contribution >= 0.6 is 11.6 Å². The maximum atomic E-state index is 12.6. The molecule has 3 rings (SSSR count). The van der Waals surface area contributed by atoms with Gasteiger partial charge >= 0.3 is 0 Å². The van der Waals surface area contributed by atoms with Crippen molar-refractivity contribution in [2.24, 2.45) is 0 Å². The van der Waals surface area contributed by atoms with Gasteiger partial charge in [-0.25, -0.2) is 0 Å². The number of hydrogen-bond donors (Lipinski definition) is 2. The van der Waals surface area contributed by atoms with Gasteiger partial charge < -0.3 is 15.8 Å². The van der Waals surface area contributed by atoms with Gasteiger partial charge in [0.25, 0.3) is 11.6 Å². The molecule has 0 atom stereocenters. The molecule has 1 aliphatic heterocycles. The summed E-state index contributed by atoms with van der Waals surface area (Å²) in [5.41, 5.74) is 6.36. The molecular formula is C19H20ClN3O4. The second-order valence-corrected chi connectivity index (χ2v) is 7.05. The molecule has 27 heavy (non-hydrogen) atoms. The lowest BCUT2D eigenvalue weighted by Crippen LogP contribution is -2.44. The number of nitrogens with zero attached hydrogens (tertiary/aromatic N) is 1. The van der Waals surface area contributed by atoms with E-state index in [0.717, 1.165) is 18.4 Å². The number of ether oxygens (including phenoxy) is 1. The standard InChI is InChI=1S/C19H20ClN3O4/c20-15-4-2-14(3-5-15)19(7-9-27-10-8-19)12-22-18(24)13-1-6-16(21)17(11-13)23(25)26/h1-6,11H,7-10,12,21H2,(H,22,24). The molecule has 7 nitrogen and oxygen atoms in total. The fraction of sp³-hybridized carbons (Fsp3) is 0.316. The summed E-state index contributed by atoms with van der Waals surface area (Å²) in [6.07, 6.45) is 1.52. The second-order valence-electron chi connectivity index (χ2n) is 6.61. The molecule has 2 aromatic rings. The zero-order valence-corrected chi connectivity index (χ0v) is 15.4. The molecule has 142 valence electrons. The summed E-state index contributed by atoms with van der Waals surface area (Å²) in [6, 6.07) is 11.6. The number of carbonyl (C=O) groups is 1. The summed E-state index contributed by atoms with van der Waals surface area (Å²) in [5.74, 6) is -0.377. The van der Waals surface area contributed by atoms with E-state index in [9.17, 15) is 14.9 Å². The van der Waals surface area contributed by atoms with Crippen LogP contribution in [0.1, 0.15) is 28.8 Å². The SMILES string of the molecule is Nc1ccc(C(=O)NCC2(c3ccc(Cl)cc3)CCOCC2)cc1[N+](=O)[O-]. The number of benzene rings is 2. The van der Waals surface area contributed by atoms with Crippen LogP contribution in [0.3, 0.4) is 0 Å². The van der Waals surface area contributed by atoms with E-state index in [1.54, 1.807) is 0 Å². The molecule has 0 aromatic heterocycles. The molecule has 1 fully saturated rings. The number of nitro benzene ring substituents is 1. The summed E-state index contributed by atoms with van der Waals surface area (Å²) < 4.78 is 5.49. The molecule has 2 aromatic carbocycles. The van der Waals surface area contributed by atoms with Crippen LogP contribution in [0, 0.1) is 10.1 Å². The van der Waals surface area contributed by atoms with Gasteiger partial charge in [-0.1, -0.05) is 23.7 Å². The van der Waals surface area contributed by atoms with Gasteiger partial charge in [0.1, 0.15) is 5.69 Å². The minimum atomic E-state index is -0.597. The lowest BCUT2D eigenvalue weighted by Gasteiger charge is -2.38. The quantitative estimate of drug-likeness (QED) is 0.463. The first kappa shape index (κ1) is 19.1. The third kappa shape index (κ3) is 4.20. The van der Waals surface area contributed by atoms with Crippen molar-refractivity contribution in [3.05, 3.63) is 68.7 Å². The van der Waals surface area contributed by atoms with Gasteiger partial charge in [0.05, 0.1) is 4.92 Å². The van der Waals surface area contributed by atoms with Crippen LogP contribution in [0.4, 0.5) is 11.4 Å². The van der Waals surface area contributed by atoms with Crippen LogP contribution in [-0.2, 0) is 10.2 Å². The fourth-order valence-electron chi connectivity index (χ4n) is 3.33. The average molecular weight is 390 g/mol. The number of amides is 1. The van der Waals surface area contributed by atoms with Crippen molar-refractivity contribution < 1.29 is 14.5 Å². The highest BCUT2D eigenvalue weighted by Gasteiger charge is 2.35. The van der Waals surface area contributed by atoms with Crippen LogP contribution in [0.5, 0.6) is 0 Å². The monoisotopic (exact) mass is 389 g/mol.